The van der Waals surface area contributed by atoms with Crippen molar-refractivity contribution in [3.63, 3.8) is 0 Å². The van der Waals surface area contributed by atoms with Gasteiger partial charge in [-0.3, -0.25) is 0 Å². The molecule has 2 rings (SSSR count). The molecule has 4 nitrogen and oxygen atoms in total. The number of benzene rings is 1. The average molecular weight is 313 g/mol. The van der Waals surface area contributed by atoms with Crippen molar-refractivity contribution in [3.8, 4) is 11.5 Å². The number of halogens is 1. The highest BCUT2D eigenvalue weighted by atomic mass is 35.5. The van der Waals surface area contributed by atoms with Gasteiger partial charge in [-0.2, -0.15) is 0 Å². The Kier molecular flexibility index (Phi) is 5.34. The summed E-state index contributed by atoms with van der Waals surface area (Å²) in [6.45, 7) is 2.20. The van der Waals surface area contributed by atoms with Gasteiger partial charge in [-0.25, -0.2) is 4.79 Å². The van der Waals surface area contributed by atoms with Gasteiger partial charge in [-0.15, -0.1) is 0 Å². The first-order chi connectivity index (χ1) is 10.0. The Hall–Kier alpha value is -1.42. The minimum Gasteiger partial charge on any atom is -0.493 e. The molecule has 2 unspecified atom stereocenters. The molecule has 1 aliphatic rings. The van der Waals surface area contributed by atoms with Gasteiger partial charge < -0.3 is 14.6 Å². The first-order valence-corrected chi connectivity index (χ1v) is 7.70. The van der Waals surface area contributed by atoms with Crippen LogP contribution in [0.3, 0.4) is 0 Å². The Morgan fingerprint density at radius 3 is 2.81 bits per heavy atom. The van der Waals surface area contributed by atoms with E-state index in [4.69, 9.17) is 26.2 Å². The lowest BCUT2D eigenvalue weighted by Crippen LogP contribution is -2.25. The van der Waals surface area contributed by atoms with Crippen LogP contribution in [0.1, 0.15) is 49.4 Å². The Balaban J connectivity index is 2.21. The monoisotopic (exact) mass is 312 g/mol. The topological polar surface area (TPSA) is 55.8 Å². The van der Waals surface area contributed by atoms with Gasteiger partial charge in [0.15, 0.2) is 11.5 Å². The molecular weight excluding hydrogens is 292 g/mol. The molecule has 1 aromatic carbocycles. The fraction of sp³-hybridized carbons (Fsp3) is 0.562. The lowest BCUT2D eigenvalue weighted by molar-refractivity contribution is 0.0696. The average Bonchev–Trinajstić information content (AvgIpc) is 2.49. The van der Waals surface area contributed by atoms with Crippen LogP contribution in [0.15, 0.2) is 12.1 Å². The normalized spacial score (nSPS) is 21.9. The molecule has 0 saturated heterocycles. The predicted octanol–water partition coefficient (Wildman–Crippen LogP) is 4.39. The minimum atomic E-state index is -1.04. The zero-order valence-corrected chi connectivity index (χ0v) is 13.2. The molecule has 0 amide bonds. The third kappa shape index (κ3) is 3.82. The van der Waals surface area contributed by atoms with Crippen LogP contribution in [0.4, 0.5) is 0 Å². The van der Waals surface area contributed by atoms with Crippen LogP contribution in [-0.2, 0) is 0 Å². The fourth-order valence-corrected chi connectivity index (χ4v) is 3.10. The maximum absolute atomic E-state index is 11.0. The lowest BCUT2D eigenvalue weighted by Gasteiger charge is -2.29. The Morgan fingerprint density at radius 1 is 1.43 bits per heavy atom. The van der Waals surface area contributed by atoms with E-state index in [9.17, 15) is 4.79 Å². The van der Waals surface area contributed by atoms with E-state index in [0.717, 1.165) is 25.7 Å². The molecule has 1 aliphatic carbocycles. The highest BCUT2D eigenvalue weighted by Crippen LogP contribution is 2.39. The summed E-state index contributed by atoms with van der Waals surface area (Å²) in [6, 6.07) is 2.85. The van der Waals surface area contributed by atoms with Gasteiger partial charge in [0, 0.05) is 0 Å². The van der Waals surface area contributed by atoms with E-state index >= 15 is 0 Å². The number of carbonyl (C=O) groups is 1. The van der Waals surface area contributed by atoms with Crippen molar-refractivity contribution < 1.29 is 19.4 Å². The Morgan fingerprint density at radius 2 is 2.19 bits per heavy atom. The number of rotatable bonds is 5. The molecule has 0 aliphatic heterocycles. The molecule has 5 heteroatoms. The van der Waals surface area contributed by atoms with E-state index in [-0.39, 0.29) is 16.7 Å². The highest BCUT2D eigenvalue weighted by Gasteiger charge is 2.25. The molecule has 116 valence electrons. The largest absolute Gasteiger partial charge is 0.493 e. The van der Waals surface area contributed by atoms with Gasteiger partial charge in [-0.05, 0) is 37.3 Å². The SMILES string of the molecule is CCC1CCCC(Oc2c(Cl)cc(C(=O)O)cc2OC)C1. The maximum atomic E-state index is 11.0. The van der Waals surface area contributed by atoms with Crippen molar-refractivity contribution in [1.82, 2.24) is 0 Å². The van der Waals surface area contributed by atoms with Crippen molar-refractivity contribution >= 4 is 17.6 Å². The van der Waals surface area contributed by atoms with Gasteiger partial charge in [0.05, 0.1) is 23.8 Å². The maximum Gasteiger partial charge on any atom is 0.335 e. The molecule has 0 spiro atoms. The summed E-state index contributed by atoms with van der Waals surface area (Å²) in [5.74, 6) is 0.474. The molecule has 2 atom stereocenters. The number of carboxylic acid groups (broad SMARTS) is 1. The van der Waals surface area contributed by atoms with Crippen molar-refractivity contribution in [2.75, 3.05) is 7.11 Å². The van der Waals surface area contributed by atoms with Crippen LogP contribution < -0.4 is 9.47 Å². The summed E-state index contributed by atoms with van der Waals surface area (Å²) in [4.78, 5) is 11.0. The van der Waals surface area contributed by atoms with Crippen LogP contribution in [0.5, 0.6) is 11.5 Å². The molecule has 0 bridgehead atoms. The molecule has 0 heterocycles. The second kappa shape index (κ2) is 7.03. The standard InChI is InChI=1S/C16H21ClO4/c1-3-10-5-4-6-12(7-10)21-15-13(17)8-11(16(18)19)9-14(15)20-2/h8-10,12H,3-7H2,1-2H3,(H,18,19). The summed E-state index contributed by atoms with van der Waals surface area (Å²) in [7, 11) is 1.49. The summed E-state index contributed by atoms with van der Waals surface area (Å²) in [5.41, 5.74) is 0.0966. The van der Waals surface area contributed by atoms with Gasteiger partial charge in [-0.1, -0.05) is 31.4 Å². The van der Waals surface area contributed by atoms with Crippen LogP contribution in [0.25, 0.3) is 0 Å². The van der Waals surface area contributed by atoms with E-state index in [1.807, 2.05) is 0 Å². The summed E-state index contributed by atoms with van der Waals surface area (Å²) >= 11 is 6.18. The van der Waals surface area contributed by atoms with Crippen molar-refractivity contribution in [3.05, 3.63) is 22.7 Å². The molecule has 0 radical (unpaired) electrons. The van der Waals surface area contributed by atoms with Crippen molar-refractivity contribution in [2.24, 2.45) is 5.92 Å². The second-order valence-electron chi connectivity index (χ2n) is 5.48. The number of carboxylic acids is 1. The third-order valence-electron chi connectivity index (χ3n) is 4.07. The number of methoxy groups -OCH3 is 1. The molecule has 1 fully saturated rings. The van der Waals surface area contributed by atoms with Crippen LogP contribution in [0.2, 0.25) is 5.02 Å². The quantitative estimate of drug-likeness (QED) is 0.875. The highest BCUT2D eigenvalue weighted by molar-refractivity contribution is 6.32. The number of hydrogen-bond acceptors (Lipinski definition) is 3. The molecular formula is C16H21ClO4. The fourth-order valence-electron chi connectivity index (χ4n) is 2.84. The molecule has 1 saturated carbocycles. The smallest absolute Gasteiger partial charge is 0.335 e. The number of aromatic carboxylic acids is 1. The molecule has 21 heavy (non-hydrogen) atoms. The van der Waals surface area contributed by atoms with E-state index in [0.29, 0.717) is 17.4 Å². The van der Waals surface area contributed by atoms with E-state index < -0.39 is 5.97 Å². The summed E-state index contributed by atoms with van der Waals surface area (Å²) < 4.78 is 11.3. The van der Waals surface area contributed by atoms with Gasteiger partial charge in [0.25, 0.3) is 0 Å². The lowest BCUT2D eigenvalue weighted by atomic mass is 9.85. The van der Waals surface area contributed by atoms with E-state index in [1.165, 1.54) is 25.7 Å². The number of hydrogen-bond donors (Lipinski definition) is 1. The Labute approximate surface area is 130 Å². The van der Waals surface area contributed by atoms with Crippen molar-refractivity contribution in [1.29, 1.82) is 0 Å². The summed E-state index contributed by atoms with van der Waals surface area (Å²) in [6.07, 6.45) is 5.68. The predicted molar refractivity (Wildman–Crippen MR) is 81.6 cm³/mol. The minimum absolute atomic E-state index is 0.0966. The van der Waals surface area contributed by atoms with Crippen LogP contribution >= 0.6 is 11.6 Å². The number of ether oxygens (including phenoxy) is 2. The molecule has 0 aromatic heterocycles. The van der Waals surface area contributed by atoms with E-state index in [1.54, 1.807) is 0 Å². The third-order valence-corrected chi connectivity index (χ3v) is 4.35. The Bertz CT molecular complexity index is 515. The van der Waals surface area contributed by atoms with Gasteiger partial charge in [0.2, 0.25) is 0 Å². The van der Waals surface area contributed by atoms with E-state index in [2.05, 4.69) is 6.92 Å². The second-order valence-corrected chi connectivity index (χ2v) is 5.88. The first kappa shape index (κ1) is 16.0. The van der Waals surface area contributed by atoms with Crippen molar-refractivity contribution in [2.45, 2.75) is 45.1 Å². The molecule has 1 aromatic rings. The van der Waals surface area contributed by atoms with Crippen LogP contribution in [0, 0.1) is 5.92 Å². The first-order valence-electron chi connectivity index (χ1n) is 7.32. The zero-order chi connectivity index (χ0) is 15.4. The van der Waals surface area contributed by atoms with Gasteiger partial charge in [0.1, 0.15) is 0 Å². The molecule has 1 N–H and O–H groups in total. The summed E-state index contributed by atoms with van der Waals surface area (Å²) in [5, 5.41) is 9.34. The van der Waals surface area contributed by atoms with Crippen LogP contribution in [-0.4, -0.2) is 24.3 Å². The van der Waals surface area contributed by atoms with Gasteiger partial charge >= 0.3 is 5.97 Å². The zero-order valence-electron chi connectivity index (χ0n) is 12.4.